The van der Waals surface area contributed by atoms with Crippen molar-refractivity contribution in [2.75, 3.05) is 46.0 Å². The predicted molar refractivity (Wildman–Crippen MR) is 134 cm³/mol. The Balaban J connectivity index is 1.47. The molecule has 208 valence electrons. The van der Waals surface area contributed by atoms with Crippen LogP contribution in [0.1, 0.15) is 42.6 Å². The molecule has 1 aliphatic carbocycles. The van der Waals surface area contributed by atoms with Crippen molar-refractivity contribution in [2.24, 2.45) is 5.92 Å². The summed E-state index contributed by atoms with van der Waals surface area (Å²) in [7, 11) is 0. The SMILES string of the molecule is O=C(O)N[C@H](C(=O)N1CCN(C(=O)c2cc3cc(F)c(F)cc3n2CCOCCO)CC1)C1CCCCC1. The zero-order valence-electron chi connectivity index (χ0n) is 21.2. The zero-order chi connectivity index (χ0) is 27.2. The average molecular weight is 537 g/mol. The van der Waals surface area contributed by atoms with Gasteiger partial charge < -0.3 is 34.6 Å². The number of carbonyl (C=O) groups is 3. The lowest BCUT2D eigenvalue weighted by molar-refractivity contribution is -0.136. The Hall–Kier alpha value is -3.25. The van der Waals surface area contributed by atoms with E-state index in [1.807, 2.05) is 0 Å². The van der Waals surface area contributed by atoms with Crippen LogP contribution in [-0.2, 0) is 16.1 Å². The number of fused-ring (bicyclic) bond motifs is 1. The molecule has 1 aromatic carbocycles. The van der Waals surface area contributed by atoms with E-state index < -0.39 is 23.8 Å². The van der Waals surface area contributed by atoms with Crippen molar-refractivity contribution in [3.63, 3.8) is 0 Å². The standard InChI is InChI=1S/C26H34F2N4O6/c27-19-14-18-15-22(32(10-12-38-13-11-33)21(18)16-20(19)28)24(34)30-6-8-31(9-7-30)25(35)23(29-26(36)37)17-4-2-1-3-5-17/h14-17,23,29,33H,1-13H2,(H,36,37)/t23-/m0/s1. The number of piperazine rings is 1. The molecule has 0 radical (unpaired) electrons. The van der Waals surface area contributed by atoms with Crippen molar-refractivity contribution in [1.82, 2.24) is 19.7 Å². The minimum atomic E-state index is -1.23. The Morgan fingerprint density at radius 3 is 2.29 bits per heavy atom. The molecular formula is C26H34F2N4O6. The number of rotatable bonds is 9. The van der Waals surface area contributed by atoms with E-state index in [2.05, 4.69) is 5.32 Å². The Morgan fingerprint density at radius 2 is 1.63 bits per heavy atom. The van der Waals surface area contributed by atoms with Gasteiger partial charge in [-0.1, -0.05) is 19.3 Å². The molecule has 1 aromatic heterocycles. The highest BCUT2D eigenvalue weighted by molar-refractivity contribution is 5.99. The van der Waals surface area contributed by atoms with Gasteiger partial charge in [-0.05, 0) is 30.9 Å². The van der Waals surface area contributed by atoms with E-state index in [1.165, 1.54) is 6.07 Å². The first-order valence-corrected chi connectivity index (χ1v) is 13.0. The maximum atomic E-state index is 14.0. The summed E-state index contributed by atoms with van der Waals surface area (Å²) < 4.78 is 34.8. The smallest absolute Gasteiger partial charge is 0.405 e. The van der Waals surface area contributed by atoms with Crippen LogP contribution >= 0.6 is 0 Å². The number of nitrogens with one attached hydrogen (secondary N) is 1. The fourth-order valence-electron chi connectivity index (χ4n) is 5.47. The van der Waals surface area contributed by atoms with E-state index in [9.17, 15) is 28.3 Å². The molecule has 3 amide bonds. The molecule has 0 bridgehead atoms. The number of halogens is 2. The van der Waals surface area contributed by atoms with E-state index in [-0.39, 0.29) is 76.0 Å². The van der Waals surface area contributed by atoms with Gasteiger partial charge in [0.15, 0.2) is 11.6 Å². The lowest BCUT2D eigenvalue weighted by Gasteiger charge is -2.38. The third-order valence-corrected chi connectivity index (χ3v) is 7.40. The highest BCUT2D eigenvalue weighted by atomic mass is 19.2. The molecule has 1 saturated carbocycles. The number of nitrogens with zero attached hydrogens (tertiary/aromatic N) is 3. The predicted octanol–water partition coefficient (Wildman–Crippen LogP) is 2.43. The highest BCUT2D eigenvalue weighted by Gasteiger charge is 2.36. The van der Waals surface area contributed by atoms with Gasteiger partial charge in [0, 0.05) is 44.2 Å². The Labute approximate surface area is 219 Å². The molecule has 1 atom stereocenters. The molecule has 10 nitrogen and oxygen atoms in total. The second-order valence-electron chi connectivity index (χ2n) is 9.79. The average Bonchev–Trinajstić information content (AvgIpc) is 3.26. The van der Waals surface area contributed by atoms with Gasteiger partial charge in [-0.15, -0.1) is 0 Å². The van der Waals surface area contributed by atoms with Crippen LogP contribution in [0, 0.1) is 17.6 Å². The molecule has 1 saturated heterocycles. The maximum Gasteiger partial charge on any atom is 0.405 e. The number of amides is 3. The number of ether oxygens (including phenoxy) is 1. The van der Waals surface area contributed by atoms with Crippen molar-refractivity contribution in [3.8, 4) is 0 Å². The molecule has 2 heterocycles. The first-order valence-electron chi connectivity index (χ1n) is 13.0. The summed E-state index contributed by atoms with van der Waals surface area (Å²) in [6.45, 7) is 1.27. The molecule has 12 heteroatoms. The quantitative estimate of drug-likeness (QED) is 0.423. The summed E-state index contributed by atoms with van der Waals surface area (Å²) in [5.41, 5.74) is 0.591. The van der Waals surface area contributed by atoms with Crippen LogP contribution in [0.3, 0.4) is 0 Å². The molecule has 0 unspecified atom stereocenters. The Morgan fingerprint density at radius 1 is 0.974 bits per heavy atom. The van der Waals surface area contributed by atoms with Crippen molar-refractivity contribution >= 4 is 28.8 Å². The van der Waals surface area contributed by atoms with Gasteiger partial charge in [0.2, 0.25) is 5.91 Å². The van der Waals surface area contributed by atoms with Crippen LogP contribution in [0.5, 0.6) is 0 Å². The normalized spacial score (nSPS) is 17.6. The summed E-state index contributed by atoms with van der Waals surface area (Å²) in [6, 6.07) is 2.80. The zero-order valence-corrected chi connectivity index (χ0v) is 21.2. The summed E-state index contributed by atoms with van der Waals surface area (Å²) in [4.78, 5) is 41.3. The number of hydrogen-bond donors (Lipinski definition) is 3. The molecule has 2 aliphatic rings. The van der Waals surface area contributed by atoms with Crippen molar-refractivity contribution in [1.29, 1.82) is 0 Å². The van der Waals surface area contributed by atoms with Gasteiger partial charge in [-0.2, -0.15) is 0 Å². The van der Waals surface area contributed by atoms with Crippen LogP contribution in [0.4, 0.5) is 13.6 Å². The minimum Gasteiger partial charge on any atom is -0.465 e. The van der Waals surface area contributed by atoms with Gasteiger partial charge >= 0.3 is 6.09 Å². The number of aromatic nitrogens is 1. The monoisotopic (exact) mass is 536 g/mol. The molecule has 1 aliphatic heterocycles. The molecule has 3 N–H and O–H groups in total. The van der Waals surface area contributed by atoms with Gasteiger partial charge in [-0.25, -0.2) is 13.6 Å². The Bertz CT molecular complexity index is 1160. The molecule has 2 fully saturated rings. The summed E-state index contributed by atoms with van der Waals surface area (Å²) in [5, 5.41) is 21.0. The van der Waals surface area contributed by atoms with E-state index in [1.54, 1.807) is 14.4 Å². The van der Waals surface area contributed by atoms with Gasteiger partial charge in [-0.3, -0.25) is 9.59 Å². The first kappa shape index (κ1) is 27.8. The molecule has 4 rings (SSSR count). The van der Waals surface area contributed by atoms with E-state index in [0.29, 0.717) is 10.9 Å². The van der Waals surface area contributed by atoms with E-state index in [0.717, 1.165) is 44.2 Å². The highest BCUT2D eigenvalue weighted by Crippen LogP contribution is 2.28. The number of aliphatic hydroxyl groups is 1. The van der Waals surface area contributed by atoms with Crippen LogP contribution < -0.4 is 5.32 Å². The molecule has 2 aromatic rings. The van der Waals surface area contributed by atoms with Crippen molar-refractivity contribution < 1.29 is 38.1 Å². The first-order chi connectivity index (χ1) is 18.3. The fraction of sp³-hybridized carbons (Fsp3) is 0.577. The van der Waals surface area contributed by atoms with Gasteiger partial charge in [0.25, 0.3) is 5.91 Å². The van der Waals surface area contributed by atoms with Crippen LogP contribution in [-0.4, -0.2) is 94.5 Å². The van der Waals surface area contributed by atoms with Crippen molar-refractivity contribution in [3.05, 3.63) is 35.5 Å². The van der Waals surface area contributed by atoms with E-state index >= 15 is 0 Å². The lowest BCUT2D eigenvalue weighted by Crippen LogP contribution is -2.57. The second kappa shape index (κ2) is 12.5. The van der Waals surface area contributed by atoms with Crippen LogP contribution in [0.2, 0.25) is 0 Å². The number of carbonyl (C=O) groups excluding carboxylic acids is 2. The molecule has 38 heavy (non-hydrogen) atoms. The summed E-state index contributed by atoms with van der Waals surface area (Å²) in [5.74, 6) is -2.70. The maximum absolute atomic E-state index is 14.0. The lowest BCUT2D eigenvalue weighted by atomic mass is 9.83. The largest absolute Gasteiger partial charge is 0.465 e. The summed E-state index contributed by atoms with van der Waals surface area (Å²) in [6.07, 6.45) is 3.36. The van der Waals surface area contributed by atoms with Crippen LogP contribution in [0.15, 0.2) is 18.2 Å². The third-order valence-electron chi connectivity index (χ3n) is 7.40. The van der Waals surface area contributed by atoms with E-state index in [4.69, 9.17) is 9.84 Å². The van der Waals surface area contributed by atoms with Gasteiger partial charge in [0.1, 0.15) is 11.7 Å². The molecular weight excluding hydrogens is 502 g/mol. The fourth-order valence-corrected chi connectivity index (χ4v) is 5.47. The number of benzene rings is 1. The van der Waals surface area contributed by atoms with Crippen molar-refractivity contribution in [2.45, 2.75) is 44.7 Å². The topological polar surface area (TPSA) is 124 Å². The number of carboxylic acid groups (broad SMARTS) is 1. The minimum absolute atomic E-state index is 0.0449. The summed E-state index contributed by atoms with van der Waals surface area (Å²) >= 11 is 0. The van der Waals surface area contributed by atoms with Gasteiger partial charge in [0.05, 0.1) is 25.3 Å². The van der Waals surface area contributed by atoms with Crippen LogP contribution in [0.25, 0.3) is 10.9 Å². The molecule has 0 spiro atoms. The second-order valence-corrected chi connectivity index (χ2v) is 9.79. The number of aliphatic hydroxyl groups excluding tert-OH is 1. The number of hydrogen-bond acceptors (Lipinski definition) is 5. The third kappa shape index (κ3) is 6.24. The Kier molecular flexibility index (Phi) is 9.16.